The minimum atomic E-state index is -0.773. The number of carbonyl (C=O) groups is 1. The maximum Gasteiger partial charge on any atom is 0.322 e. The fourth-order valence-electron chi connectivity index (χ4n) is 2.07. The fourth-order valence-corrected chi connectivity index (χ4v) is 2.07. The van der Waals surface area contributed by atoms with Crippen LogP contribution >= 0.6 is 0 Å². The Morgan fingerprint density at radius 2 is 2.47 bits per heavy atom. The third kappa shape index (κ3) is 3.01. The molecule has 0 aliphatic carbocycles. The standard InChI is InChI=1S/C12H17N3O2/c1-9-3-2-4-10(14-9)8-15-6-5-13-7-11(15)12(16)17/h2-4,11,13H,5-8H2,1H3,(H,16,17). The van der Waals surface area contributed by atoms with E-state index in [0.717, 1.165) is 24.5 Å². The second kappa shape index (κ2) is 5.25. The van der Waals surface area contributed by atoms with Gasteiger partial charge in [-0.15, -0.1) is 0 Å². The molecule has 1 aliphatic heterocycles. The molecule has 0 bridgehead atoms. The zero-order valence-electron chi connectivity index (χ0n) is 9.89. The molecule has 2 heterocycles. The van der Waals surface area contributed by atoms with E-state index >= 15 is 0 Å². The van der Waals surface area contributed by atoms with Crippen molar-refractivity contribution < 1.29 is 9.90 Å². The van der Waals surface area contributed by atoms with Crippen molar-refractivity contribution in [3.05, 3.63) is 29.6 Å². The van der Waals surface area contributed by atoms with Crippen LogP contribution in [0.25, 0.3) is 0 Å². The molecule has 0 spiro atoms. The van der Waals surface area contributed by atoms with Crippen LogP contribution in [0.15, 0.2) is 18.2 Å². The number of carboxylic acid groups (broad SMARTS) is 1. The zero-order valence-corrected chi connectivity index (χ0v) is 9.89. The molecule has 0 aromatic carbocycles. The van der Waals surface area contributed by atoms with Crippen molar-refractivity contribution in [2.45, 2.75) is 19.5 Å². The summed E-state index contributed by atoms with van der Waals surface area (Å²) in [5, 5.41) is 12.2. The Hall–Kier alpha value is -1.46. The molecule has 2 N–H and O–H groups in total. The number of nitrogens with zero attached hydrogens (tertiary/aromatic N) is 2. The quantitative estimate of drug-likeness (QED) is 0.786. The Morgan fingerprint density at radius 1 is 1.65 bits per heavy atom. The summed E-state index contributed by atoms with van der Waals surface area (Å²) in [7, 11) is 0. The highest BCUT2D eigenvalue weighted by Gasteiger charge is 2.28. The number of pyridine rings is 1. The number of aryl methyl sites for hydroxylation is 1. The zero-order chi connectivity index (χ0) is 12.3. The summed E-state index contributed by atoms with van der Waals surface area (Å²) in [5.41, 5.74) is 1.89. The van der Waals surface area contributed by atoms with Gasteiger partial charge < -0.3 is 10.4 Å². The number of carboxylic acids is 1. The molecule has 0 amide bonds. The molecule has 5 heteroatoms. The Morgan fingerprint density at radius 3 is 3.18 bits per heavy atom. The van der Waals surface area contributed by atoms with Gasteiger partial charge in [-0.3, -0.25) is 14.7 Å². The predicted octanol–water partition coefficient (Wildman–Crippen LogP) is 0.248. The molecule has 5 nitrogen and oxygen atoms in total. The Bertz CT molecular complexity index is 408. The summed E-state index contributed by atoms with van der Waals surface area (Å²) in [6.07, 6.45) is 0. The van der Waals surface area contributed by atoms with E-state index in [9.17, 15) is 4.79 Å². The molecule has 1 unspecified atom stereocenters. The van der Waals surface area contributed by atoms with E-state index in [1.807, 2.05) is 30.0 Å². The maximum absolute atomic E-state index is 11.1. The monoisotopic (exact) mass is 235 g/mol. The normalized spacial score (nSPS) is 21.4. The predicted molar refractivity (Wildman–Crippen MR) is 63.7 cm³/mol. The number of hydrogen-bond donors (Lipinski definition) is 2. The van der Waals surface area contributed by atoms with Gasteiger partial charge in [-0.25, -0.2) is 0 Å². The number of rotatable bonds is 3. The van der Waals surface area contributed by atoms with Crippen LogP contribution < -0.4 is 5.32 Å². The van der Waals surface area contributed by atoms with Crippen LogP contribution in [0.3, 0.4) is 0 Å². The second-order valence-electron chi connectivity index (χ2n) is 4.30. The van der Waals surface area contributed by atoms with Crippen molar-refractivity contribution in [2.75, 3.05) is 19.6 Å². The Kier molecular flexibility index (Phi) is 3.71. The van der Waals surface area contributed by atoms with Crippen molar-refractivity contribution in [3.63, 3.8) is 0 Å². The third-order valence-electron chi connectivity index (χ3n) is 2.95. The highest BCUT2D eigenvalue weighted by molar-refractivity contribution is 5.73. The molecule has 0 saturated carbocycles. The van der Waals surface area contributed by atoms with Crippen LogP contribution in [0.5, 0.6) is 0 Å². The molecule has 1 saturated heterocycles. The first kappa shape index (κ1) is 12.0. The summed E-state index contributed by atoms with van der Waals surface area (Å²) in [6.45, 7) is 4.61. The van der Waals surface area contributed by atoms with Crippen molar-refractivity contribution in [2.24, 2.45) is 0 Å². The smallest absolute Gasteiger partial charge is 0.322 e. The van der Waals surface area contributed by atoms with Crippen molar-refractivity contribution >= 4 is 5.97 Å². The van der Waals surface area contributed by atoms with Crippen LogP contribution in [0.2, 0.25) is 0 Å². The molecule has 1 aromatic rings. The largest absolute Gasteiger partial charge is 0.480 e. The summed E-state index contributed by atoms with van der Waals surface area (Å²) in [5.74, 6) is -0.773. The van der Waals surface area contributed by atoms with Crippen molar-refractivity contribution in [3.8, 4) is 0 Å². The number of aliphatic carboxylic acids is 1. The Balaban J connectivity index is 2.08. The molecule has 2 rings (SSSR count). The van der Waals surface area contributed by atoms with Crippen LogP contribution in [-0.4, -0.2) is 46.6 Å². The molecule has 1 atom stereocenters. The lowest BCUT2D eigenvalue weighted by molar-refractivity contribution is -0.144. The molecule has 17 heavy (non-hydrogen) atoms. The number of hydrogen-bond acceptors (Lipinski definition) is 4. The Labute approximate surface area is 100 Å². The van der Waals surface area contributed by atoms with Gasteiger partial charge >= 0.3 is 5.97 Å². The third-order valence-corrected chi connectivity index (χ3v) is 2.95. The number of aromatic nitrogens is 1. The van der Waals surface area contributed by atoms with E-state index in [1.165, 1.54) is 0 Å². The molecule has 1 aromatic heterocycles. The maximum atomic E-state index is 11.1. The van der Waals surface area contributed by atoms with Gasteiger partial charge in [-0.05, 0) is 19.1 Å². The minimum Gasteiger partial charge on any atom is -0.480 e. The average molecular weight is 235 g/mol. The van der Waals surface area contributed by atoms with Gasteiger partial charge in [0.05, 0.1) is 5.69 Å². The summed E-state index contributed by atoms with van der Waals surface area (Å²) in [4.78, 5) is 17.5. The first-order valence-electron chi connectivity index (χ1n) is 5.77. The lowest BCUT2D eigenvalue weighted by Gasteiger charge is -2.33. The van der Waals surface area contributed by atoms with Gasteiger partial charge in [0.1, 0.15) is 6.04 Å². The van der Waals surface area contributed by atoms with Crippen LogP contribution in [0.4, 0.5) is 0 Å². The van der Waals surface area contributed by atoms with E-state index in [1.54, 1.807) is 0 Å². The first-order valence-corrected chi connectivity index (χ1v) is 5.77. The molecular weight excluding hydrogens is 218 g/mol. The molecule has 1 aliphatic rings. The molecule has 92 valence electrons. The summed E-state index contributed by atoms with van der Waals surface area (Å²) >= 11 is 0. The van der Waals surface area contributed by atoms with Crippen LogP contribution in [-0.2, 0) is 11.3 Å². The first-order chi connectivity index (χ1) is 8.16. The lowest BCUT2D eigenvalue weighted by atomic mass is 10.1. The lowest BCUT2D eigenvalue weighted by Crippen LogP contribution is -2.54. The van der Waals surface area contributed by atoms with Crippen LogP contribution in [0, 0.1) is 6.92 Å². The SMILES string of the molecule is Cc1cccc(CN2CCNCC2C(=O)O)n1. The van der Waals surface area contributed by atoms with Gasteiger partial charge in [-0.1, -0.05) is 6.07 Å². The number of nitrogens with one attached hydrogen (secondary N) is 1. The topological polar surface area (TPSA) is 65.5 Å². The van der Waals surface area contributed by atoms with Crippen LogP contribution in [0.1, 0.15) is 11.4 Å². The van der Waals surface area contributed by atoms with Gasteiger partial charge in [0, 0.05) is 31.9 Å². The highest BCUT2D eigenvalue weighted by Crippen LogP contribution is 2.09. The fraction of sp³-hybridized carbons (Fsp3) is 0.500. The van der Waals surface area contributed by atoms with Gasteiger partial charge in [-0.2, -0.15) is 0 Å². The van der Waals surface area contributed by atoms with Crippen molar-refractivity contribution in [1.82, 2.24) is 15.2 Å². The summed E-state index contributed by atoms with van der Waals surface area (Å²) in [6, 6.07) is 5.38. The minimum absolute atomic E-state index is 0.453. The summed E-state index contributed by atoms with van der Waals surface area (Å²) < 4.78 is 0. The second-order valence-corrected chi connectivity index (χ2v) is 4.30. The molecular formula is C12H17N3O2. The van der Waals surface area contributed by atoms with E-state index < -0.39 is 12.0 Å². The van der Waals surface area contributed by atoms with Gasteiger partial charge in [0.2, 0.25) is 0 Å². The van der Waals surface area contributed by atoms with Gasteiger partial charge in [0.15, 0.2) is 0 Å². The van der Waals surface area contributed by atoms with E-state index in [2.05, 4.69) is 10.3 Å². The molecule has 0 radical (unpaired) electrons. The van der Waals surface area contributed by atoms with E-state index in [-0.39, 0.29) is 0 Å². The van der Waals surface area contributed by atoms with E-state index in [0.29, 0.717) is 13.1 Å². The van der Waals surface area contributed by atoms with E-state index in [4.69, 9.17) is 5.11 Å². The molecule has 1 fully saturated rings. The van der Waals surface area contributed by atoms with Crippen molar-refractivity contribution in [1.29, 1.82) is 0 Å². The average Bonchev–Trinajstić information content (AvgIpc) is 2.29. The number of piperazine rings is 1. The van der Waals surface area contributed by atoms with Gasteiger partial charge in [0.25, 0.3) is 0 Å². The highest BCUT2D eigenvalue weighted by atomic mass is 16.4.